The molecule has 2 aliphatic rings. The fourth-order valence-corrected chi connectivity index (χ4v) is 5.80. The number of urea groups is 1. The molecule has 1 saturated heterocycles. The number of halogens is 2. The molecule has 10 heteroatoms. The van der Waals surface area contributed by atoms with E-state index in [0.717, 1.165) is 49.3 Å². The number of carbonyl (C=O) groups is 2. The number of benzene rings is 2. The number of likely N-dealkylation sites (tertiary alicyclic amines) is 1. The minimum Gasteiger partial charge on any atom is -0.341 e. The highest BCUT2D eigenvalue weighted by atomic mass is 35.5. The summed E-state index contributed by atoms with van der Waals surface area (Å²) in [6, 6.07) is 14.8. The molecule has 0 bridgehead atoms. The lowest BCUT2D eigenvalue weighted by Gasteiger charge is -2.20. The molecule has 2 fully saturated rings. The number of hydrogen-bond donors (Lipinski definition) is 2. The second kappa shape index (κ2) is 12.0. The summed E-state index contributed by atoms with van der Waals surface area (Å²) in [6.45, 7) is 1.54. The lowest BCUT2D eigenvalue weighted by molar-refractivity contribution is -0.129. The predicted molar refractivity (Wildman–Crippen MR) is 156 cm³/mol. The number of rotatable bonds is 7. The smallest absolute Gasteiger partial charge is 0.324 e. The number of anilines is 2. The standard InChI is InChI=1S/C29H34Cl2N6O2/c1-35(2)22-13-14-36(18-22)27(38)16-19-7-5-10-21(15-19)37-26(17-25(34-37)20-8-3-4-9-20)33-29(39)32-24-12-6-11-23(30)28(24)31/h5-7,10-12,15,17,20,22H,3-4,8-9,13-14,16,18H2,1-2H3,(H2,32,33,39)/t22-/m0/s1. The summed E-state index contributed by atoms with van der Waals surface area (Å²) in [5.41, 5.74) is 3.07. The Labute approximate surface area is 239 Å². The van der Waals surface area contributed by atoms with Gasteiger partial charge in [-0.2, -0.15) is 5.10 Å². The maximum absolute atomic E-state index is 13.0. The van der Waals surface area contributed by atoms with Crippen LogP contribution >= 0.6 is 23.2 Å². The van der Waals surface area contributed by atoms with Gasteiger partial charge in [0.25, 0.3) is 0 Å². The van der Waals surface area contributed by atoms with E-state index >= 15 is 0 Å². The SMILES string of the molecule is CN(C)[C@H]1CCN(C(=O)Cc2cccc(-n3nc(C4CCCC4)cc3NC(=O)Nc3cccc(Cl)c3Cl)c2)C1. The van der Waals surface area contributed by atoms with Gasteiger partial charge in [-0.1, -0.05) is 54.2 Å². The van der Waals surface area contributed by atoms with E-state index < -0.39 is 6.03 Å². The van der Waals surface area contributed by atoms with Crippen LogP contribution in [0.5, 0.6) is 0 Å². The van der Waals surface area contributed by atoms with Crippen LogP contribution in [0.25, 0.3) is 5.69 Å². The van der Waals surface area contributed by atoms with Gasteiger partial charge < -0.3 is 15.1 Å². The van der Waals surface area contributed by atoms with Gasteiger partial charge in [0.05, 0.1) is 33.5 Å². The quantitative estimate of drug-likeness (QED) is 0.356. The van der Waals surface area contributed by atoms with Crippen molar-refractivity contribution in [2.24, 2.45) is 0 Å². The van der Waals surface area contributed by atoms with Crippen LogP contribution in [0.3, 0.4) is 0 Å². The van der Waals surface area contributed by atoms with E-state index in [1.54, 1.807) is 22.9 Å². The van der Waals surface area contributed by atoms with Gasteiger partial charge in [-0.3, -0.25) is 10.1 Å². The topological polar surface area (TPSA) is 82.5 Å². The fraction of sp³-hybridized carbons (Fsp3) is 0.414. The summed E-state index contributed by atoms with van der Waals surface area (Å²) in [5.74, 6) is 1.03. The lowest BCUT2D eigenvalue weighted by Crippen LogP contribution is -2.35. The Morgan fingerprint density at radius 1 is 1.03 bits per heavy atom. The van der Waals surface area contributed by atoms with Crippen LogP contribution in [0.1, 0.15) is 49.3 Å². The first-order valence-corrected chi connectivity index (χ1v) is 14.2. The summed E-state index contributed by atoms with van der Waals surface area (Å²) < 4.78 is 1.75. The maximum atomic E-state index is 13.0. The highest BCUT2D eigenvalue weighted by Crippen LogP contribution is 2.35. The van der Waals surface area contributed by atoms with E-state index in [9.17, 15) is 9.59 Å². The average Bonchev–Trinajstić information content (AvgIpc) is 3.68. The van der Waals surface area contributed by atoms with Crippen molar-refractivity contribution in [2.45, 2.75) is 50.5 Å². The van der Waals surface area contributed by atoms with Gasteiger partial charge in [0.15, 0.2) is 0 Å². The van der Waals surface area contributed by atoms with Gasteiger partial charge in [-0.05, 0) is 63.2 Å². The van der Waals surface area contributed by atoms with Crippen LogP contribution in [0.15, 0.2) is 48.5 Å². The van der Waals surface area contributed by atoms with Crippen LogP contribution in [-0.2, 0) is 11.2 Å². The van der Waals surface area contributed by atoms with Gasteiger partial charge in [0.2, 0.25) is 5.91 Å². The zero-order valence-electron chi connectivity index (χ0n) is 22.3. The number of nitrogens with zero attached hydrogens (tertiary/aromatic N) is 4. The largest absolute Gasteiger partial charge is 0.341 e. The molecule has 3 aromatic rings. The molecule has 2 heterocycles. The Balaban J connectivity index is 1.36. The van der Waals surface area contributed by atoms with Crippen molar-refractivity contribution in [2.75, 3.05) is 37.8 Å². The van der Waals surface area contributed by atoms with Gasteiger partial charge in [0.1, 0.15) is 5.82 Å². The Kier molecular flexibility index (Phi) is 8.45. The number of amides is 3. The molecule has 8 nitrogen and oxygen atoms in total. The number of carbonyl (C=O) groups excluding carboxylic acids is 2. The number of likely N-dealkylation sites (N-methyl/N-ethyl adjacent to an activating group) is 1. The first-order chi connectivity index (χ1) is 18.8. The molecule has 0 spiro atoms. The molecular formula is C29H34Cl2N6O2. The second-order valence-corrected chi connectivity index (χ2v) is 11.4. The zero-order chi connectivity index (χ0) is 27.5. The molecule has 0 unspecified atom stereocenters. The normalized spacial score (nSPS) is 17.7. The van der Waals surface area contributed by atoms with Gasteiger partial charge in [-0.15, -0.1) is 0 Å². The van der Waals surface area contributed by atoms with E-state index in [1.165, 1.54) is 12.8 Å². The van der Waals surface area contributed by atoms with Crippen molar-refractivity contribution in [3.05, 3.63) is 69.8 Å². The molecule has 206 valence electrons. The molecule has 1 saturated carbocycles. The molecule has 1 aromatic heterocycles. The highest BCUT2D eigenvalue weighted by Gasteiger charge is 2.27. The summed E-state index contributed by atoms with van der Waals surface area (Å²) in [5, 5.41) is 11.3. The Morgan fingerprint density at radius 3 is 2.54 bits per heavy atom. The zero-order valence-corrected chi connectivity index (χ0v) is 23.8. The molecule has 1 aliphatic carbocycles. The molecular weight excluding hydrogens is 535 g/mol. The third kappa shape index (κ3) is 6.40. The van der Waals surface area contributed by atoms with Crippen molar-refractivity contribution >= 4 is 46.6 Å². The summed E-state index contributed by atoms with van der Waals surface area (Å²) in [6.07, 6.45) is 5.83. The number of aromatic nitrogens is 2. The minimum atomic E-state index is -0.450. The highest BCUT2D eigenvalue weighted by molar-refractivity contribution is 6.44. The number of nitrogens with one attached hydrogen (secondary N) is 2. The third-order valence-electron chi connectivity index (χ3n) is 7.70. The fourth-order valence-electron chi connectivity index (χ4n) is 5.45. The van der Waals surface area contributed by atoms with Crippen LogP contribution in [-0.4, -0.2) is 64.7 Å². The van der Waals surface area contributed by atoms with Crippen molar-refractivity contribution in [1.82, 2.24) is 19.6 Å². The summed E-state index contributed by atoms with van der Waals surface area (Å²) >= 11 is 12.4. The Bertz CT molecular complexity index is 1350. The van der Waals surface area contributed by atoms with Gasteiger partial charge in [-0.25, -0.2) is 9.48 Å². The van der Waals surface area contributed by atoms with E-state index in [4.69, 9.17) is 28.3 Å². The second-order valence-electron chi connectivity index (χ2n) is 10.6. The number of hydrogen-bond acceptors (Lipinski definition) is 4. The molecule has 2 N–H and O–H groups in total. The van der Waals surface area contributed by atoms with Crippen LogP contribution in [0.4, 0.5) is 16.3 Å². The van der Waals surface area contributed by atoms with E-state index in [-0.39, 0.29) is 10.9 Å². The van der Waals surface area contributed by atoms with Crippen molar-refractivity contribution in [3.63, 3.8) is 0 Å². The minimum absolute atomic E-state index is 0.125. The van der Waals surface area contributed by atoms with E-state index in [1.807, 2.05) is 35.2 Å². The molecule has 39 heavy (non-hydrogen) atoms. The predicted octanol–water partition coefficient (Wildman–Crippen LogP) is 6.19. The Hall–Kier alpha value is -3.07. The van der Waals surface area contributed by atoms with E-state index in [0.29, 0.717) is 34.9 Å². The van der Waals surface area contributed by atoms with Crippen molar-refractivity contribution in [3.8, 4) is 5.69 Å². The molecule has 1 atom stereocenters. The van der Waals surface area contributed by atoms with Crippen molar-refractivity contribution in [1.29, 1.82) is 0 Å². The maximum Gasteiger partial charge on any atom is 0.324 e. The van der Waals surface area contributed by atoms with Crippen LogP contribution in [0, 0.1) is 0 Å². The molecule has 0 radical (unpaired) electrons. The first kappa shape index (κ1) is 27.5. The molecule has 3 amide bonds. The van der Waals surface area contributed by atoms with Gasteiger partial charge >= 0.3 is 6.03 Å². The van der Waals surface area contributed by atoms with Crippen molar-refractivity contribution < 1.29 is 9.59 Å². The third-order valence-corrected chi connectivity index (χ3v) is 8.52. The van der Waals surface area contributed by atoms with Crippen LogP contribution in [0.2, 0.25) is 10.0 Å². The van der Waals surface area contributed by atoms with Crippen LogP contribution < -0.4 is 10.6 Å². The monoisotopic (exact) mass is 568 g/mol. The molecule has 1 aliphatic heterocycles. The summed E-state index contributed by atoms with van der Waals surface area (Å²) in [7, 11) is 4.11. The Morgan fingerprint density at radius 2 is 1.79 bits per heavy atom. The van der Waals surface area contributed by atoms with Gasteiger partial charge in [0, 0.05) is 31.1 Å². The average molecular weight is 570 g/mol. The lowest BCUT2D eigenvalue weighted by atomic mass is 10.0. The summed E-state index contributed by atoms with van der Waals surface area (Å²) in [4.78, 5) is 30.1. The molecule has 5 rings (SSSR count). The molecule has 2 aromatic carbocycles. The first-order valence-electron chi connectivity index (χ1n) is 13.4. The van der Waals surface area contributed by atoms with E-state index in [2.05, 4.69) is 29.6 Å².